The first-order valence-corrected chi connectivity index (χ1v) is 6.44. The number of ether oxygens (including phenoxy) is 1. The van der Waals surface area contributed by atoms with Crippen molar-refractivity contribution in [1.82, 2.24) is 0 Å². The zero-order chi connectivity index (χ0) is 13.2. The zero-order valence-electron chi connectivity index (χ0n) is 9.80. The highest BCUT2D eigenvalue weighted by Gasteiger charge is 2.15. The number of Topliss-reactive ketones (excluding diaryl/α,β-unsaturated/α-hetero) is 1. The van der Waals surface area contributed by atoms with Crippen molar-refractivity contribution in [2.75, 3.05) is 0 Å². The fourth-order valence-corrected chi connectivity index (χ4v) is 1.81. The van der Waals surface area contributed by atoms with E-state index < -0.39 is 10.1 Å². The number of benzene rings is 1. The smallest absolute Gasteiger partial charge is 0.294 e. The third kappa shape index (κ3) is 3.83. The van der Waals surface area contributed by atoms with Crippen LogP contribution in [0.1, 0.15) is 31.1 Å². The van der Waals surface area contributed by atoms with Crippen molar-refractivity contribution in [1.29, 1.82) is 0 Å². The Morgan fingerprint density at radius 3 is 2.29 bits per heavy atom. The van der Waals surface area contributed by atoms with E-state index in [1.54, 1.807) is 13.8 Å². The molecule has 0 fully saturated rings. The number of hydrogen-bond donors (Lipinski definition) is 1. The van der Waals surface area contributed by atoms with Crippen LogP contribution in [0.3, 0.4) is 0 Å². The fraction of sp³-hybridized carbons (Fsp3) is 0.364. The molecule has 0 aliphatic carbocycles. The maximum absolute atomic E-state index is 11.2. The normalized spacial score (nSPS) is 11.6. The quantitative estimate of drug-likeness (QED) is 0.659. The van der Waals surface area contributed by atoms with Gasteiger partial charge in [0.05, 0.1) is 11.0 Å². The second-order valence-corrected chi connectivity index (χ2v) is 5.31. The number of rotatable bonds is 4. The SMILES string of the molecule is CC(=O)c1cc(OC(C)C)cc(S(=O)(=O)O)c1. The van der Waals surface area contributed by atoms with Gasteiger partial charge in [0, 0.05) is 11.6 Å². The maximum atomic E-state index is 11.2. The first kappa shape index (κ1) is 13.7. The van der Waals surface area contributed by atoms with Gasteiger partial charge in [-0.15, -0.1) is 0 Å². The van der Waals surface area contributed by atoms with E-state index in [2.05, 4.69) is 0 Å². The summed E-state index contributed by atoms with van der Waals surface area (Å²) < 4.78 is 36.3. The molecule has 94 valence electrons. The van der Waals surface area contributed by atoms with Gasteiger partial charge in [0.25, 0.3) is 10.1 Å². The van der Waals surface area contributed by atoms with Crippen molar-refractivity contribution in [2.45, 2.75) is 31.8 Å². The summed E-state index contributed by atoms with van der Waals surface area (Å²) in [5, 5.41) is 0. The minimum atomic E-state index is -4.35. The Morgan fingerprint density at radius 2 is 1.88 bits per heavy atom. The third-order valence-corrected chi connectivity index (χ3v) is 2.79. The number of ketones is 1. The second kappa shape index (κ2) is 4.85. The zero-order valence-corrected chi connectivity index (χ0v) is 10.6. The second-order valence-electron chi connectivity index (χ2n) is 3.89. The average Bonchev–Trinajstić information content (AvgIpc) is 2.14. The molecule has 5 nitrogen and oxygen atoms in total. The van der Waals surface area contributed by atoms with Crippen molar-refractivity contribution in [2.24, 2.45) is 0 Å². The molecule has 0 saturated heterocycles. The summed E-state index contributed by atoms with van der Waals surface area (Å²) in [6, 6.07) is 3.74. The maximum Gasteiger partial charge on any atom is 0.294 e. The first-order valence-electron chi connectivity index (χ1n) is 5.00. The van der Waals surface area contributed by atoms with Crippen LogP contribution in [0.25, 0.3) is 0 Å². The van der Waals surface area contributed by atoms with E-state index in [-0.39, 0.29) is 28.1 Å². The molecular weight excluding hydrogens is 244 g/mol. The molecule has 0 heterocycles. The van der Waals surface area contributed by atoms with Gasteiger partial charge in [-0.1, -0.05) is 0 Å². The van der Waals surface area contributed by atoms with Crippen LogP contribution >= 0.6 is 0 Å². The monoisotopic (exact) mass is 258 g/mol. The molecule has 1 aromatic carbocycles. The molecule has 0 atom stereocenters. The van der Waals surface area contributed by atoms with Crippen molar-refractivity contribution in [3.05, 3.63) is 23.8 Å². The van der Waals surface area contributed by atoms with Gasteiger partial charge in [0.1, 0.15) is 5.75 Å². The van der Waals surface area contributed by atoms with Crippen LogP contribution in [0.5, 0.6) is 5.75 Å². The summed E-state index contributed by atoms with van der Waals surface area (Å²) in [4.78, 5) is 10.9. The summed E-state index contributed by atoms with van der Waals surface area (Å²) in [5.41, 5.74) is 0.177. The Kier molecular flexibility index (Phi) is 3.90. The lowest BCUT2D eigenvalue weighted by Crippen LogP contribution is -2.08. The summed E-state index contributed by atoms with van der Waals surface area (Å²) in [7, 11) is -4.35. The lowest BCUT2D eigenvalue weighted by Gasteiger charge is -2.11. The van der Waals surface area contributed by atoms with Crippen LogP contribution in [-0.2, 0) is 10.1 Å². The molecule has 1 aromatic rings. The molecule has 0 aliphatic rings. The van der Waals surface area contributed by atoms with Crippen LogP contribution in [0.4, 0.5) is 0 Å². The highest BCUT2D eigenvalue weighted by Crippen LogP contribution is 2.22. The molecule has 1 N–H and O–H groups in total. The lowest BCUT2D eigenvalue weighted by atomic mass is 10.1. The standard InChI is InChI=1S/C11H14O5S/c1-7(2)16-10-4-9(8(3)12)5-11(6-10)17(13,14)15/h4-7H,1-3H3,(H,13,14,15). The van der Waals surface area contributed by atoms with Crippen molar-refractivity contribution < 1.29 is 22.5 Å². The van der Waals surface area contributed by atoms with Gasteiger partial charge in [0.15, 0.2) is 5.78 Å². The van der Waals surface area contributed by atoms with Crippen molar-refractivity contribution >= 4 is 15.9 Å². The molecule has 0 radical (unpaired) electrons. The Balaban J connectivity index is 3.34. The van der Waals surface area contributed by atoms with Crippen LogP contribution in [0.2, 0.25) is 0 Å². The number of hydrogen-bond acceptors (Lipinski definition) is 4. The Morgan fingerprint density at radius 1 is 1.29 bits per heavy atom. The Bertz CT molecular complexity index is 531. The van der Waals surface area contributed by atoms with E-state index in [9.17, 15) is 13.2 Å². The predicted octanol–water partition coefficient (Wildman–Crippen LogP) is 1.92. The molecular formula is C11H14O5S. The van der Waals surface area contributed by atoms with E-state index in [1.165, 1.54) is 19.1 Å². The van der Waals surface area contributed by atoms with Gasteiger partial charge >= 0.3 is 0 Å². The van der Waals surface area contributed by atoms with Gasteiger partial charge in [0.2, 0.25) is 0 Å². The highest BCUT2D eigenvalue weighted by atomic mass is 32.2. The van der Waals surface area contributed by atoms with E-state index in [0.29, 0.717) is 0 Å². The molecule has 17 heavy (non-hydrogen) atoms. The van der Waals surface area contributed by atoms with Crippen molar-refractivity contribution in [3.8, 4) is 5.75 Å². The average molecular weight is 258 g/mol. The molecule has 1 rings (SSSR count). The molecule has 0 amide bonds. The van der Waals surface area contributed by atoms with Crippen LogP contribution in [0, 0.1) is 0 Å². The Labute approximate surface area is 100 Å². The van der Waals surface area contributed by atoms with Crippen LogP contribution in [-0.4, -0.2) is 24.9 Å². The molecule has 0 bridgehead atoms. The summed E-state index contributed by atoms with van der Waals surface area (Å²) >= 11 is 0. The largest absolute Gasteiger partial charge is 0.491 e. The van der Waals surface area contributed by atoms with E-state index in [0.717, 1.165) is 6.07 Å². The van der Waals surface area contributed by atoms with Gasteiger partial charge in [-0.3, -0.25) is 9.35 Å². The summed E-state index contributed by atoms with van der Waals surface area (Å²) in [6.45, 7) is 4.85. The first-order chi connectivity index (χ1) is 7.70. The van der Waals surface area contributed by atoms with Gasteiger partial charge in [-0.2, -0.15) is 8.42 Å². The molecule has 0 unspecified atom stereocenters. The number of carbonyl (C=O) groups excluding carboxylic acids is 1. The van der Waals surface area contributed by atoms with E-state index in [4.69, 9.17) is 9.29 Å². The minimum absolute atomic E-state index is 0.161. The van der Waals surface area contributed by atoms with Gasteiger partial charge in [-0.05, 0) is 32.9 Å². The van der Waals surface area contributed by atoms with Crippen molar-refractivity contribution in [3.63, 3.8) is 0 Å². The molecule has 0 aromatic heterocycles. The van der Waals surface area contributed by atoms with Crippen LogP contribution in [0.15, 0.2) is 23.1 Å². The van der Waals surface area contributed by atoms with Gasteiger partial charge < -0.3 is 4.74 Å². The number of carbonyl (C=O) groups is 1. The Hall–Kier alpha value is -1.40. The van der Waals surface area contributed by atoms with Gasteiger partial charge in [-0.25, -0.2) is 0 Å². The lowest BCUT2D eigenvalue weighted by molar-refractivity contribution is 0.101. The topological polar surface area (TPSA) is 80.7 Å². The summed E-state index contributed by atoms with van der Waals surface area (Å²) in [5.74, 6) is -0.0653. The molecule has 0 aliphatic heterocycles. The highest BCUT2D eigenvalue weighted by molar-refractivity contribution is 7.85. The third-order valence-electron chi connectivity index (χ3n) is 1.96. The fourth-order valence-electron chi connectivity index (χ4n) is 1.26. The molecule has 0 spiro atoms. The van der Waals surface area contributed by atoms with Crippen LogP contribution < -0.4 is 4.74 Å². The predicted molar refractivity (Wildman–Crippen MR) is 62.0 cm³/mol. The van der Waals surface area contributed by atoms with E-state index >= 15 is 0 Å². The summed E-state index contributed by atoms with van der Waals surface area (Å²) in [6.07, 6.45) is -0.161. The molecule has 0 saturated carbocycles. The molecule has 6 heteroatoms. The van der Waals surface area contributed by atoms with E-state index in [1.807, 2.05) is 0 Å². The minimum Gasteiger partial charge on any atom is -0.491 e.